The Hall–Kier alpha value is -0.450. The summed E-state index contributed by atoms with van der Waals surface area (Å²) in [5, 5.41) is 8.60. The molecule has 0 saturated carbocycles. The van der Waals surface area contributed by atoms with Gasteiger partial charge in [-0.1, -0.05) is 0 Å². The Kier molecular flexibility index (Phi) is 4.21. The largest absolute Gasteiger partial charge is 0.396 e. The average Bonchev–Trinajstić information content (AvgIpc) is 2.53. The van der Waals surface area contributed by atoms with Gasteiger partial charge in [0.1, 0.15) is 0 Å². The van der Waals surface area contributed by atoms with Crippen molar-refractivity contribution >= 4 is 11.5 Å². The highest BCUT2D eigenvalue weighted by molar-refractivity contribution is 7.05. The summed E-state index contributed by atoms with van der Waals surface area (Å²) in [5.41, 5.74) is 0. The van der Waals surface area contributed by atoms with Crippen molar-refractivity contribution < 1.29 is 5.11 Å². The molecule has 0 unspecified atom stereocenters. The molecule has 0 aliphatic carbocycles. The predicted octanol–water partition coefficient (Wildman–Crippen LogP) is 0.957. The zero-order chi connectivity index (χ0) is 8.81. The first-order valence-corrected chi connectivity index (χ1v) is 4.79. The van der Waals surface area contributed by atoms with Gasteiger partial charge in [0.05, 0.1) is 0 Å². The molecule has 4 heteroatoms. The number of hydrogen-bond donors (Lipinski definition) is 1. The van der Waals surface area contributed by atoms with E-state index in [2.05, 4.69) is 16.3 Å². The molecule has 1 aromatic heterocycles. The highest BCUT2D eigenvalue weighted by atomic mass is 32.1. The molecule has 0 aliphatic rings. The molecular weight excluding hydrogens is 172 g/mol. The molecule has 1 heterocycles. The van der Waals surface area contributed by atoms with Crippen molar-refractivity contribution in [3.05, 3.63) is 17.1 Å². The molecule has 3 nitrogen and oxygen atoms in total. The fourth-order valence-corrected chi connectivity index (χ4v) is 1.67. The smallest absolute Gasteiger partial charge is 0.0443 e. The Morgan fingerprint density at radius 2 is 2.50 bits per heavy atom. The molecule has 0 aliphatic heterocycles. The first-order chi connectivity index (χ1) is 5.83. The van der Waals surface area contributed by atoms with E-state index < -0.39 is 0 Å². The van der Waals surface area contributed by atoms with Crippen molar-refractivity contribution in [3.8, 4) is 0 Å². The molecule has 0 bridgehead atoms. The van der Waals surface area contributed by atoms with Gasteiger partial charge in [-0.25, -0.2) is 4.37 Å². The summed E-state index contributed by atoms with van der Waals surface area (Å²) < 4.78 is 4.02. The topological polar surface area (TPSA) is 36.4 Å². The van der Waals surface area contributed by atoms with E-state index in [0.717, 1.165) is 19.5 Å². The number of aromatic nitrogens is 1. The number of aliphatic hydroxyl groups is 1. The predicted molar refractivity (Wildman–Crippen MR) is 50.2 cm³/mol. The molecular formula is C8H14N2OS. The van der Waals surface area contributed by atoms with Crippen LogP contribution in [0.25, 0.3) is 0 Å². The van der Waals surface area contributed by atoms with Gasteiger partial charge in [0, 0.05) is 30.8 Å². The van der Waals surface area contributed by atoms with E-state index >= 15 is 0 Å². The maximum absolute atomic E-state index is 8.60. The summed E-state index contributed by atoms with van der Waals surface area (Å²) in [6, 6.07) is 2.03. The molecule has 0 fully saturated rings. The Balaban J connectivity index is 2.22. The summed E-state index contributed by atoms with van der Waals surface area (Å²) in [7, 11) is 2.05. The molecule has 0 radical (unpaired) electrons. The molecule has 68 valence electrons. The van der Waals surface area contributed by atoms with Crippen LogP contribution in [0.5, 0.6) is 0 Å². The Bertz CT molecular complexity index is 201. The second-order valence-corrected chi connectivity index (χ2v) is 3.71. The minimum absolute atomic E-state index is 0.271. The molecule has 12 heavy (non-hydrogen) atoms. The maximum Gasteiger partial charge on any atom is 0.0443 e. The average molecular weight is 186 g/mol. The van der Waals surface area contributed by atoms with Gasteiger partial charge in [-0.3, -0.25) is 0 Å². The van der Waals surface area contributed by atoms with E-state index in [-0.39, 0.29) is 6.61 Å². The third-order valence-corrected chi connectivity index (χ3v) is 2.34. The third kappa shape index (κ3) is 3.30. The second kappa shape index (κ2) is 5.24. The van der Waals surface area contributed by atoms with Gasteiger partial charge in [-0.05, 0) is 31.1 Å². The second-order valence-electron chi connectivity index (χ2n) is 2.79. The van der Waals surface area contributed by atoms with Crippen LogP contribution in [0.4, 0.5) is 0 Å². The molecule has 1 N–H and O–H groups in total. The highest BCUT2D eigenvalue weighted by Crippen LogP contribution is 2.07. The van der Waals surface area contributed by atoms with Crippen LogP contribution in [-0.4, -0.2) is 34.6 Å². The van der Waals surface area contributed by atoms with Crippen LogP contribution in [0, 0.1) is 0 Å². The molecule has 0 saturated heterocycles. The molecule has 0 spiro atoms. The van der Waals surface area contributed by atoms with Gasteiger partial charge in [-0.15, -0.1) is 0 Å². The van der Waals surface area contributed by atoms with E-state index in [1.54, 1.807) is 0 Å². The van der Waals surface area contributed by atoms with E-state index in [0.29, 0.717) is 0 Å². The van der Waals surface area contributed by atoms with Crippen LogP contribution in [0.15, 0.2) is 12.3 Å². The summed E-state index contributed by atoms with van der Waals surface area (Å²) in [6.07, 6.45) is 2.66. The zero-order valence-electron chi connectivity index (χ0n) is 7.23. The van der Waals surface area contributed by atoms with E-state index in [4.69, 9.17) is 5.11 Å². The highest BCUT2D eigenvalue weighted by Gasteiger charge is 2.00. The van der Waals surface area contributed by atoms with Crippen LogP contribution >= 0.6 is 11.5 Å². The normalized spacial score (nSPS) is 10.9. The summed E-state index contributed by atoms with van der Waals surface area (Å²) in [5.74, 6) is 0. The summed E-state index contributed by atoms with van der Waals surface area (Å²) in [6.45, 7) is 2.14. The molecule has 0 aromatic carbocycles. The number of rotatable bonds is 5. The van der Waals surface area contributed by atoms with Gasteiger partial charge in [0.15, 0.2) is 0 Å². The molecule has 1 aromatic rings. The van der Waals surface area contributed by atoms with E-state index in [1.807, 2.05) is 12.3 Å². The van der Waals surface area contributed by atoms with Crippen LogP contribution < -0.4 is 0 Å². The first-order valence-electron chi connectivity index (χ1n) is 4.02. The Labute approximate surface area is 76.8 Å². The van der Waals surface area contributed by atoms with Crippen molar-refractivity contribution in [1.29, 1.82) is 0 Å². The van der Waals surface area contributed by atoms with E-state index in [9.17, 15) is 0 Å². The van der Waals surface area contributed by atoms with Gasteiger partial charge in [0.25, 0.3) is 0 Å². The lowest BCUT2D eigenvalue weighted by Crippen LogP contribution is -2.19. The van der Waals surface area contributed by atoms with Crippen LogP contribution in [-0.2, 0) is 6.54 Å². The van der Waals surface area contributed by atoms with Crippen LogP contribution in [0.3, 0.4) is 0 Å². The van der Waals surface area contributed by atoms with Crippen molar-refractivity contribution in [1.82, 2.24) is 9.27 Å². The lowest BCUT2D eigenvalue weighted by atomic mass is 10.4. The summed E-state index contributed by atoms with van der Waals surface area (Å²) in [4.78, 5) is 3.46. The lowest BCUT2D eigenvalue weighted by molar-refractivity contribution is 0.245. The fraction of sp³-hybridized carbons (Fsp3) is 0.625. The minimum Gasteiger partial charge on any atom is -0.396 e. The lowest BCUT2D eigenvalue weighted by Gasteiger charge is -2.13. The van der Waals surface area contributed by atoms with Gasteiger partial charge >= 0.3 is 0 Å². The van der Waals surface area contributed by atoms with Gasteiger partial charge in [-0.2, -0.15) is 0 Å². The van der Waals surface area contributed by atoms with E-state index in [1.165, 1.54) is 16.4 Å². The minimum atomic E-state index is 0.271. The Morgan fingerprint density at radius 3 is 3.08 bits per heavy atom. The SMILES string of the molecule is CN(CCCO)Cc1ccns1. The van der Waals surface area contributed by atoms with Crippen LogP contribution in [0.1, 0.15) is 11.3 Å². The molecule has 1 rings (SSSR count). The zero-order valence-corrected chi connectivity index (χ0v) is 8.05. The van der Waals surface area contributed by atoms with Gasteiger partial charge < -0.3 is 10.0 Å². The first kappa shape index (κ1) is 9.64. The van der Waals surface area contributed by atoms with Crippen molar-refractivity contribution in [2.24, 2.45) is 0 Å². The Morgan fingerprint density at radius 1 is 1.67 bits per heavy atom. The number of nitrogens with zero attached hydrogens (tertiary/aromatic N) is 2. The fourth-order valence-electron chi connectivity index (χ4n) is 1.01. The van der Waals surface area contributed by atoms with Crippen molar-refractivity contribution in [2.45, 2.75) is 13.0 Å². The third-order valence-electron chi connectivity index (χ3n) is 1.61. The molecule has 0 atom stereocenters. The monoisotopic (exact) mass is 186 g/mol. The molecule has 0 amide bonds. The standard InChI is InChI=1S/C8H14N2OS/c1-10(5-2-6-11)7-8-3-4-9-12-8/h3-4,11H,2,5-7H2,1H3. The number of aliphatic hydroxyl groups excluding tert-OH is 1. The quantitative estimate of drug-likeness (QED) is 0.744. The van der Waals surface area contributed by atoms with Crippen LogP contribution in [0.2, 0.25) is 0 Å². The van der Waals surface area contributed by atoms with Crippen molar-refractivity contribution in [3.63, 3.8) is 0 Å². The van der Waals surface area contributed by atoms with Crippen molar-refractivity contribution in [2.75, 3.05) is 20.2 Å². The number of hydrogen-bond acceptors (Lipinski definition) is 4. The summed E-state index contributed by atoms with van der Waals surface area (Å²) >= 11 is 1.53. The van der Waals surface area contributed by atoms with Gasteiger partial charge in [0.2, 0.25) is 0 Å². The maximum atomic E-state index is 8.60.